The first kappa shape index (κ1) is 21.2. The van der Waals surface area contributed by atoms with Gasteiger partial charge < -0.3 is 19.5 Å². The van der Waals surface area contributed by atoms with Gasteiger partial charge >= 0.3 is 0 Å². The van der Waals surface area contributed by atoms with Crippen LogP contribution in [-0.2, 0) is 4.79 Å². The van der Waals surface area contributed by atoms with Crippen LogP contribution in [0.4, 0.5) is 5.69 Å². The van der Waals surface area contributed by atoms with Crippen LogP contribution in [0.3, 0.4) is 0 Å². The highest BCUT2D eigenvalue weighted by Gasteiger charge is 2.11. The molecule has 0 atom stereocenters. The molecule has 0 aliphatic rings. The molecular weight excluding hydrogens is 406 g/mol. The molecule has 7 heteroatoms. The molecule has 1 amide bonds. The average molecular weight is 426 g/mol. The molecule has 3 aromatic carbocycles. The van der Waals surface area contributed by atoms with E-state index < -0.39 is 0 Å². The van der Waals surface area contributed by atoms with Crippen molar-refractivity contribution < 1.29 is 23.8 Å². The second-order valence-corrected chi connectivity index (χ2v) is 6.70. The number of amides is 1. The highest BCUT2D eigenvalue weighted by molar-refractivity contribution is 6.30. The van der Waals surface area contributed by atoms with Crippen molar-refractivity contribution in [2.24, 2.45) is 0 Å². The van der Waals surface area contributed by atoms with E-state index in [0.717, 1.165) is 0 Å². The van der Waals surface area contributed by atoms with Gasteiger partial charge in [0.15, 0.2) is 23.9 Å². The molecule has 6 nitrogen and oxygen atoms in total. The fraction of sp³-hybridized carbons (Fsp3) is 0.130. The van der Waals surface area contributed by atoms with Crippen LogP contribution < -0.4 is 19.5 Å². The SMILES string of the molecule is COc1ccc(NC(=O)COc2ccc(C(=O)c3ccc(Cl)cc3)cc2)cc1OC. The van der Waals surface area contributed by atoms with Crippen molar-refractivity contribution >= 4 is 29.0 Å². The van der Waals surface area contributed by atoms with Crippen molar-refractivity contribution in [1.82, 2.24) is 0 Å². The van der Waals surface area contributed by atoms with Gasteiger partial charge in [-0.15, -0.1) is 0 Å². The number of ketones is 1. The summed E-state index contributed by atoms with van der Waals surface area (Å²) < 4.78 is 15.9. The third-order valence-corrected chi connectivity index (χ3v) is 4.51. The van der Waals surface area contributed by atoms with Crippen LogP contribution in [0.25, 0.3) is 0 Å². The van der Waals surface area contributed by atoms with Gasteiger partial charge in [0.25, 0.3) is 5.91 Å². The fourth-order valence-electron chi connectivity index (χ4n) is 2.73. The van der Waals surface area contributed by atoms with Gasteiger partial charge in [-0.1, -0.05) is 11.6 Å². The third kappa shape index (κ3) is 5.30. The smallest absolute Gasteiger partial charge is 0.262 e. The zero-order chi connectivity index (χ0) is 21.5. The number of carbonyl (C=O) groups excluding carboxylic acids is 2. The van der Waals surface area contributed by atoms with E-state index in [0.29, 0.717) is 39.1 Å². The lowest BCUT2D eigenvalue weighted by molar-refractivity contribution is -0.118. The topological polar surface area (TPSA) is 73.9 Å². The van der Waals surface area contributed by atoms with E-state index in [1.165, 1.54) is 14.2 Å². The molecule has 3 rings (SSSR count). The summed E-state index contributed by atoms with van der Waals surface area (Å²) in [7, 11) is 3.06. The molecule has 0 aliphatic carbocycles. The van der Waals surface area contributed by atoms with Gasteiger partial charge in [-0.05, 0) is 60.7 Å². The monoisotopic (exact) mass is 425 g/mol. The largest absolute Gasteiger partial charge is 0.493 e. The van der Waals surface area contributed by atoms with E-state index in [-0.39, 0.29) is 18.3 Å². The molecule has 0 aliphatic heterocycles. The lowest BCUT2D eigenvalue weighted by Gasteiger charge is -2.11. The van der Waals surface area contributed by atoms with Crippen LogP contribution in [0.1, 0.15) is 15.9 Å². The molecule has 0 spiro atoms. The van der Waals surface area contributed by atoms with Crippen LogP contribution >= 0.6 is 11.6 Å². The molecule has 0 saturated heterocycles. The minimum Gasteiger partial charge on any atom is -0.493 e. The quantitative estimate of drug-likeness (QED) is 0.534. The molecule has 0 radical (unpaired) electrons. The Morgan fingerprint density at radius 3 is 2.03 bits per heavy atom. The Hall–Kier alpha value is -3.51. The number of methoxy groups -OCH3 is 2. The van der Waals surface area contributed by atoms with Crippen LogP contribution in [0.5, 0.6) is 17.2 Å². The zero-order valence-electron chi connectivity index (χ0n) is 16.5. The third-order valence-electron chi connectivity index (χ3n) is 4.26. The average Bonchev–Trinajstić information content (AvgIpc) is 2.78. The molecule has 1 N–H and O–H groups in total. The van der Waals surface area contributed by atoms with E-state index >= 15 is 0 Å². The number of hydrogen-bond donors (Lipinski definition) is 1. The van der Waals surface area contributed by atoms with E-state index in [1.807, 2.05) is 0 Å². The molecule has 30 heavy (non-hydrogen) atoms. The fourth-order valence-corrected chi connectivity index (χ4v) is 2.86. The molecule has 154 valence electrons. The highest BCUT2D eigenvalue weighted by atomic mass is 35.5. The maximum absolute atomic E-state index is 12.5. The summed E-state index contributed by atoms with van der Waals surface area (Å²) in [6.45, 7) is -0.182. The summed E-state index contributed by atoms with van der Waals surface area (Å²) in [6, 6.07) is 18.3. The van der Waals surface area contributed by atoms with Gasteiger partial charge in [0.2, 0.25) is 0 Å². The first-order chi connectivity index (χ1) is 14.5. The maximum atomic E-state index is 12.5. The molecule has 0 unspecified atom stereocenters. The molecular formula is C23H20ClNO5. The first-order valence-electron chi connectivity index (χ1n) is 9.05. The summed E-state index contributed by atoms with van der Waals surface area (Å²) in [4.78, 5) is 24.6. The Bertz CT molecular complexity index is 1030. The Morgan fingerprint density at radius 2 is 1.43 bits per heavy atom. The van der Waals surface area contributed by atoms with E-state index in [4.69, 9.17) is 25.8 Å². The summed E-state index contributed by atoms with van der Waals surface area (Å²) >= 11 is 5.85. The number of benzene rings is 3. The molecule has 0 saturated carbocycles. The predicted octanol–water partition coefficient (Wildman–Crippen LogP) is 4.61. The van der Waals surface area contributed by atoms with Gasteiger partial charge in [0.1, 0.15) is 5.75 Å². The van der Waals surface area contributed by atoms with Crippen molar-refractivity contribution in [2.75, 3.05) is 26.1 Å². The van der Waals surface area contributed by atoms with Gasteiger partial charge in [-0.2, -0.15) is 0 Å². The second-order valence-electron chi connectivity index (χ2n) is 6.27. The van der Waals surface area contributed by atoms with Gasteiger partial charge in [-0.3, -0.25) is 9.59 Å². The van der Waals surface area contributed by atoms with Crippen molar-refractivity contribution in [3.8, 4) is 17.2 Å². The lowest BCUT2D eigenvalue weighted by atomic mass is 10.0. The van der Waals surface area contributed by atoms with Crippen molar-refractivity contribution in [3.63, 3.8) is 0 Å². The highest BCUT2D eigenvalue weighted by Crippen LogP contribution is 2.29. The van der Waals surface area contributed by atoms with Crippen molar-refractivity contribution in [3.05, 3.63) is 82.9 Å². The molecule has 0 fully saturated rings. The minimum absolute atomic E-state index is 0.121. The van der Waals surface area contributed by atoms with Crippen LogP contribution in [0.15, 0.2) is 66.7 Å². The second kappa shape index (κ2) is 9.80. The summed E-state index contributed by atoms with van der Waals surface area (Å²) in [5, 5.41) is 3.30. The normalized spacial score (nSPS) is 10.2. The molecule has 0 heterocycles. The summed E-state index contributed by atoms with van der Waals surface area (Å²) in [6.07, 6.45) is 0. The van der Waals surface area contributed by atoms with Gasteiger partial charge in [-0.25, -0.2) is 0 Å². The number of anilines is 1. The number of ether oxygens (including phenoxy) is 3. The van der Waals surface area contributed by atoms with Crippen LogP contribution in [0.2, 0.25) is 5.02 Å². The number of halogens is 1. The zero-order valence-corrected chi connectivity index (χ0v) is 17.2. The predicted molar refractivity (Wildman–Crippen MR) is 115 cm³/mol. The van der Waals surface area contributed by atoms with E-state index in [9.17, 15) is 9.59 Å². The van der Waals surface area contributed by atoms with E-state index in [1.54, 1.807) is 66.7 Å². The minimum atomic E-state index is -0.330. The Morgan fingerprint density at radius 1 is 0.833 bits per heavy atom. The van der Waals surface area contributed by atoms with Crippen molar-refractivity contribution in [1.29, 1.82) is 0 Å². The van der Waals surface area contributed by atoms with E-state index in [2.05, 4.69) is 5.32 Å². The number of carbonyl (C=O) groups is 2. The summed E-state index contributed by atoms with van der Waals surface area (Å²) in [5.74, 6) is 1.11. The molecule has 0 aromatic heterocycles. The first-order valence-corrected chi connectivity index (χ1v) is 9.43. The van der Waals surface area contributed by atoms with Crippen molar-refractivity contribution in [2.45, 2.75) is 0 Å². The Balaban J connectivity index is 1.56. The summed E-state index contributed by atoms with van der Waals surface area (Å²) in [5.41, 5.74) is 1.62. The van der Waals surface area contributed by atoms with Crippen LogP contribution in [-0.4, -0.2) is 32.5 Å². The Kier molecular flexibility index (Phi) is 6.93. The number of nitrogens with one attached hydrogen (secondary N) is 1. The van der Waals surface area contributed by atoms with Gasteiger partial charge in [0, 0.05) is 27.9 Å². The number of hydrogen-bond acceptors (Lipinski definition) is 5. The van der Waals surface area contributed by atoms with Crippen LogP contribution in [0, 0.1) is 0 Å². The standard InChI is InChI=1S/C23H20ClNO5/c1-28-20-12-9-18(13-21(20)29-2)25-22(26)14-30-19-10-5-16(6-11-19)23(27)15-3-7-17(24)8-4-15/h3-13H,14H2,1-2H3,(H,25,26). The molecule has 0 bridgehead atoms. The van der Waals surface area contributed by atoms with Gasteiger partial charge in [0.05, 0.1) is 14.2 Å². The number of rotatable bonds is 8. The Labute approximate surface area is 179 Å². The maximum Gasteiger partial charge on any atom is 0.262 e. The molecule has 3 aromatic rings. The lowest BCUT2D eigenvalue weighted by Crippen LogP contribution is -2.20.